The summed E-state index contributed by atoms with van der Waals surface area (Å²) in [5, 5.41) is 7.57. The first kappa shape index (κ1) is 27.2. The van der Waals surface area contributed by atoms with E-state index in [4.69, 9.17) is 5.11 Å². The van der Waals surface area contributed by atoms with Crippen molar-refractivity contribution in [3.63, 3.8) is 0 Å². The summed E-state index contributed by atoms with van der Waals surface area (Å²) in [6.45, 7) is 1.93. The van der Waals surface area contributed by atoms with Crippen LogP contribution in [-0.2, 0) is 19.5 Å². The Morgan fingerprint density at radius 3 is 1.33 bits per heavy atom. The Morgan fingerprint density at radius 1 is 1.33 bits per heavy atom. The molecule has 0 amide bonds. The van der Waals surface area contributed by atoms with E-state index >= 15 is 0 Å². The summed E-state index contributed by atoms with van der Waals surface area (Å²) in [6.07, 6.45) is 0. The molecule has 0 aromatic carbocycles. The third kappa shape index (κ3) is 66.1. The van der Waals surface area contributed by atoms with Crippen LogP contribution >= 0.6 is 24.8 Å². The van der Waals surface area contributed by atoms with Crippen molar-refractivity contribution < 1.29 is 24.6 Å². The van der Waals surface area contributed by atoms with Crippen LogP contribution in [0.2, 0.25) is 0 Å². The number of halogens is 2. The fraction of sp³-hybridized carbons (Fsp3) is 1.00. The van der Waals surface area contributed by atoms with Gasteiger partial charge in [0.2, 0.25) is 0 Å². The van der Waals surface area contributed by atoms with Crippen molar-refractivity contribution in [1.29, 1.82) is 0 Å². The molecule has 0 atom stereocenters. The van der Waals surface area contributed by atoms with E-state index in [0.717, 1.165) is 0 Å². The van der Waals surface area contributed by atoms with E-state index in [2.05, 4.69) is 0 Å². The zero-order chi connectivity index (χ0) is 2.71. The third-order valence-electron chi connectivity index (χ3n) is 0. The molecule has 6 heavy (non-hydrogen) atoms. The van der Waals surface area contributed by atoms with Gasteiger partial charge in [-0.1, -0.05) is 0 Å². The zero-order valence-electron chi connectivity index (χ0n) is 3.32. The third-order valence-corrected chi connectivity index (χ3v) is 0. The quantitative estimate of drug-likeness (QED) is 0.600. The molecule has 0 aromatic heterocycles. The first-order valence-electron chi connectivity index (χ1n) is 1.02. The summed E-state index contributed by atoms with van der Waals surface area (Å²) >= 11 is 0. The van der Waals surface area contributed by atoms with E-state index in [1.807, 2.05) is 0 Å². The van der Waals surface area contributed by atoms with Gasteiger partial charge >= 0.3 is 0 Å². The first-order chi connectivity index (χ1) is 1.41. The Hall–Kier alpha value is 1.16. The zero-order valence-corrected chi connectivity index (χ0v) is 6.70. The molecule has 0 bridgehead atoms. The summed E-state index contributed by atoms with van der Waals surface area (Å²) in [5.41, 5.74) is 0. The average Bonchev–Trinajstić information content (AvgIpc) is 0.918. The molecule has 0 fully saturated rings. The maximum Gasteiger partial charge on any atom is 0.0402 e. The molecule has 0 spiro atoms. The molecule has 0 heterocycles. The molecule has 0 aliphatic carbocycles. The maximum absolute atomic E-state index is 7.57. The van der Waals surface area contributed by atoms with Gasteiger partial charge in [0, 0.05) is 26.1 Å². The van der Waals surface area contributed by atoms with E-state index in [1.165, 1.54) is 0 Å². The Bertz CT molecular complexity index is 11.5. The second-order valence-corrected chi connectivity index (χ2v) is 0.316. The number of hydrogen-bond donors (Lipinski definition) is 1. The molecule has 44 valence electrons. The molecule has 4 heteroatoms. The molecule has 1 N–H and O–H groups in total. The van der Waals surface area contributed by atoms with Gasteiger partial charge in [-0.25, -0.2) is 0 Å². The molecule has 0 saturated heterocycles. The topological polar surface area (TPSA) is 20.2 Å². The summed E-state index contributed by atoms with van der Waals surface area (Å²) in [4.78, 5) is 0. The van der Waals surface area contributed by atoms with Crippen LogP contribution in [0.15, 0.2) is 0 Å². The number of aliphatic hydroxyl groups is 1. The number of aliphatic hydroxyl groups excluding tert-OH is 1. The molecule has 0 aliphatic rings. The second kappa shape index (κ2) is 35.1. The summed E-state index contributed by atoms with van der Waals surface area (Å²) < 4.78 is 0. The number of rotatable bonds is 0. The van der Waals surface area contributed by atoms with Crippen LogP contribution in [0.1, 0.15) is 6.92 Å². The normalized spacial score (nSPS) is 3.00. The van der Waals surface area contributed by atoms with E-state index in [9.17, 15) is 0 Å². The van der Waals surface area contributed by atoms with Crippen LogP contribution in [0.4, 0.5) is 0 Å². The van der Waals surface area contributed by atoms with Crippen molar-refractivity contribution in [2.45, 2.75) is 6.92 Å². The van der Waals surface area contributed by atoms with Crippen LogP contribution < -0.4 is 0 Å². The average molecular weight is 220 g/mol. The fourth-order valence-electron chi connectivity index (χ4n) is 0. The van der Waals surface area contributed by atoms with Crippen molar-refractivity contribution in [3.05, 3.63) is 0 Å². The SMILES string of the molecule is CCO.Cl.Cl.[Ru]. The molecular formula is C2H8Cl2ORu. The molecule has 1 nitrogen and oxygen atoms in total. The predicted octanol–water partition coefficient (Wildman–Crippen LogP) is 0.840. The molecule has 0 radical (unpaired) electrons. The van der Waals surface area contributed by atoms with Crippen LogP contribution in [0.5, 0.6) is 0 Å². The van der Waals surface area contributed by atoms with E-state index in [1.54, 1.807) is 6.92 Å². The molecule has 0 aliphatic heterocycles. The minimum atomic E-state index is 0. The Kier molecular flexibility index (Phi) is 159. The van der Waals surface area contributed by atoms with Crippen LogP contribution in [0, 0.1) is 0 Å². The van der Waals surface area contributed by atoms with Crippen LogP contribution in [-0.4, -0.2) is 11.7 Å². The van der Waals surface area contributed by atoms with Crippen LogP contribution in [0.25, 0.3) is 0 Å². The summed E-state index contributed by atoms with van der Waals surface area (Å²) in [7, 11) is 0. The van der Waals surface area contributed by atoms with E-state index in [-0.39, 0.29) is 50.9 Å². The number of hydrogen-bond acceptors (Lipinski definition) is 1. The fourth-order valence-corrected chi connectivity index (χ4v) is 0. The Morgan fingerprint density at radius 2 is 1.33 bits per heavy atom. The van der Waals surface area contributed by atoms with Crippen molar-refractivity contribution >= 4 is 24.8 Å². The van der Waals surface area contributed by atoms with Gasteiger partial charge in [0.25, 0.3) is 0 Å². The Balaban J connectivity index is -0.00000000667. The molecule has 0 saturated carbocycles. The van der Waals surface area contributed by atoms with Gasteiger partial charge in [0.15, 0.2) is 0 Å². The van der Waals surface area contributed by atoms with Crippen molar-refractivity contribution in [1.82, 2.24) is 0 Å². The molecule has 0 aromatic rings. The second-order valence-electron chi connectivity index (χ2n) is 0.316. The van der Waals surface area contributed by atoms with Gasteiger partial charge in [-0.15, -0.1) is 24.8 Å². The van der Waals surface area contributed by atoms with Crippen molar-refractivity contribution in [2.75, 3.05) is 6.61 Å². The maximum atomic E-state index is 7.57. The van der Waals surface area contributed by atoms with Crippen LogP contribution in [0.3, 0.4) is 0 Å². The minimum Gasteiger partial charge on any atom is -0.397 e. The van der Waals surface area contributed by atoms with Gasteiger partial charge in [-0.05, 0) is 6.92 Å². The van der Waals surface area contributed by atoms with Gasteiger partial charge in [-0.2, -0.15) is 0 Å². The molecular weight excluding hydrogens is 212 g/mol. The van der Waals surface area contributed by atoms with E-state index in [0.29, 0.717) is 0 Å². The smallest absolute Gasteiger partial charge is 0.0402 e. The molecule has 0 unspecified atom stereocenters. The Labute approximate surface area is 63.1 Å². The van der Waals surface area contributed by atoms with Gasteiger partial charge in [0.1, 0.15) is 0 Å². The molecule has 0 rings (SSSR count). The van der Waals surface area contributed by atoms with E-state index < -0.39 is 0 Å². The summed E-state index contributed by atoms with van der Waals surface area (Å²) in [5.74, 6) is 0. The standard InChI is InChI=1S/C2H6O.2ClH.Ru/c1-2-3;;;/h3H,2H2,1H3;2*1H;. The van der Waals surface area contributed by atoms with Crippen molar-refractivity contribution in [3.8, 4) is 0 Å². The monoisotopic (exact) mass is 220 g/mol. The van der Waals surface area contributed by atoms with Gasteiger partial charge < -0.3 is 5.11 Å². The minimum absolute atomic E-state index is 0. The largest absolute Gasteiger partial charge is 0.397 e. The summed E-state index contributed by atoms with van der Waals surface area (Å²) in [6, 6.07) is 0. The van der Waals surface area contributed by atoms with Crippen molar-refractivity contribution in [2.24, 2.45) is 0 Å². The van der Waals surface area contributed by atoms with Gasteiger partial charge in [-0.3, -0.25) is 0 Å². The predicted molar refractivity (Wildman–Crippen MR) is 27.3 cm³/mol. The van der Waals surface area contributed by atoms with Gasteiger partial charge in [0.05, 0.1) is 0 Å². The first-order valence-corrected chi connectivity index (χ1v) is 1.02.